The number of urea groups is 1. The van der Waals surface area contributed by atoms with Crippen LogP contribution in [0.25, 0.3) is 0 Å². The summed E-state index contributed by atoms with van der Waals surface area (Å²) in [6, 6.07) is 8.40. The molecule has 36 heavy (non-hydrogen) atoms. The first-order chi connectivity index (χ1) is 17.0. The van der Waals surface area contributed by atoms with Crippen molar-refractivity contribution in [2.45, 2.75) is 25.8 Å². The van der Waals surface area contributed by atoms with Gasteiger partial charge in [-0.25, -0.2) is 18.6 Å². The van der Waals surface area contributed by atoms with Gasteiger partial charge in [0, 0.05) is 18.2 Å². The molecule has 0 fully saturated rings. The zero-order valence-electron chi connectivity index (χ0n) is 19.0. The molecule has 12 heteroatoms. The Morgan fingerprint density at radius 1 is 1.06 bits per heavy atom. The van der Waals surface area contributed by atoms with Crippen LogP contribution >= 0.6 is 0 Å². The van der Waals surface area contributed by atoms with Gasteiger partial charge in [0.15, 0.2) is 0 Å². The van der Waals surface area contributed by atoms with Crippen molar-refractivity contribution in [2.24, 2.45) is 0 Å². The molecule has 0 aliphatic heterocycles. The second-order valence-electron chi connectivity index (χ2n) is 7.57. The molecule has 190 valence electrons. The third-order valence-corrected chi connectivity index (χ3v) is 4.83. The molecule has 0 spiro atoms. The second kappa shape index (κ2) is 11.1. The summed E-state index contributed by atoms with van der Waals surface area (Å²) in [5, 5.41) is 3.98. The quantitative estimate of drug-likeness (QED) is 0.413. The van der Waals surface area contributed by atoms with Crippen molar-refractivity contribution in [1.82, 2.24) is 10.3 Å². The van der Waals surface area contributed by atoms with Gasteiger partial charge in [-0.2, -0.15) is 13.2 Å². The second-order valence-corrected chi connectivity index (χ2v) is 7.57. The van der Waals surface area contributed by atoms with Crippen LogP contribution in [0.2, 0.25) is 0 Å². The zero-order valence-corrected chi connectivity index (χ0v) is 19.0. The largest absolute Gasteiger partial charge is 0.460 e. The van der Waals surface area contributed by atoms with E-state index in [1.807, 2.05) is 0 Å². The molecule has 2 N–H and O–H groups in total. The number of hydrogen-bond donors (Lipinski definition) is 2. The fraction of sp³-hybridized carbons (Fsp3) is 0.208. The van der Waals surface area contributed by atoms with E-state index in [-0.39, 0.29) is 29.3 Å². The Labute approximate surface area is 202 Å². The van der Waals surface area contributed by atoms with Crippen molar-refractivity contribution < 1.29 is 41.0 Å². The predicted octanol–water partition coefficient (Wildman–Crippen LogP) is 5.46. The van der Waals surface area contributed by atoms with Crippen molar-refractivity contribution in [3.63, 3.8) is 0 Å². The summed E-state index contributed by atoms with van der Waals surface area (Å²) in [5.41, 5.74) is -0.277. The molecular weight excluding hydrogens is 489 g/mol. The molecule has 0 saturated heterocycles. The van der Waals surface area contributed by atoms with E-state index in [0.717, 1.165) is 24.4 Å². The molecule has 1 aromatic heterocycles. The minimum atomic E-state index is -4.75. The number of aryl methyl sites for hydroxylation is 1. The standard InChI is InChI=1S/C24H20F5N3O4/c1-13-10-16(31-23(34)32-21(33)19-17(25)4-3-5-18(19)26)11-30-22(13)36-20(24(27,28)29)15-8-6-14(7-9-15)12-35-2/h3-11,20H,12H2,1-2H3,(H2,31,32,33,34). The molecule has 2 aromatic carbocycles. The van der Waals surface area contributed by atoms with Gasteiger partial charge in [0.1, 0.15) is 17.2 Å². The van der Waals surface area contributed by atoms with Crippen LogP contribution in [-0.2, 0) is 11.3 Å². The predicted molar refractivity (Wildman–Crippen MR) is 118 cm³/mol. The number of carbonyl (C=O) groups is 2. The van der Waals surface area contributed by atoms with E-state index in [1.165, 1.54) is 44.4 Å². The Hall–Kier alpha value is -4.06. The number of aromatic nitrogens is 1. The molecule has 0 radical (unpaired) electrons. The molecule has 0 aliphatic rings. The van der Waals surface area contributed by atoms with Crippen molar-refractivity contribution in [3.8, 4) is 5.88 Å². The summed E-state index contributed by atoms with van der Waals surface area (Å²) < 4.78 is 78.7. The molecule has 0 saturated carbocycles. The topological polar surface area (TPSA) is 89.6 Å². The van der Waals surface area contributed by atoms with E-state index in [2.05, 4.69) is 10.3 Å². The molecule has 3 aromatic rings. The summed E-state index contributed by atoms with van der Waals surface area (Å²) in [6.07, 6.45) is -6.06. The first-order valence-electron chi connectivity index (χ1n) is 10.3. The molecule has 3 rings (SSSR count). The molecule has 1 heterocycles. The number of halogens is 5. The van der Waals surface area contributed by atoms with Crippen LogP contribution in [0.5, 0.6) is 5.88 Å². The maximum absolute atomic E-state index is 13.7. The maximum atomic E-state index is 13.7. The lowest BCUT2D eigenvalue weighted by molar-refractivity contribution is -0.198. The van der Waals surface area contributed by atoms with Gasteiger partial charge in [-0.05, 0) is 30.7 Å². The highest BCUT2D eigenvalue weighted by atomic mass is 19.4. The number of imide groups is 1. The van der Waals surface area contributed by atoms with Gasteiger partial charge < -0.3 is 14.8 Å². The number of pyridine rings is 1. The van der Waals surface area contributed by atoms with Crippen molar-refractivity contribution in [1.29, 1.82) is 0 Å². The summed E-state index contributed by atoms with van der Waals surface area (Å²) >= 11 is 0. The molecule has 0 bridgehead atoms. The van der Waals surface area contributed by atoms with Crippen LogP contribution in [0.3, 0.4) is 0 Å². The lowest BCUT2D eigenvalue weighted by Gasteiger charge is -2.23. The fourth-order valence-electron chi connectivity index (χ4n) is 3.19. The van der Waals surface area contributed by atoms with E-state index < -0.39 is 41.4 Å². The Morgan fingerprint density at radius 2 is 1.69 bits per heavy atom. The number of alkyl halides is 3. The van der Waals surface area contributed by atoms with E-state index in [4.69, 9.17) is 9.47 Å². The minimum absolute atomic E-state index is 0.00775. The van der Waals surface area contributed by atoms with Gasteiger partial charge in [0.2, 0.25) is 12.0 Å². The first kappa shape index (κ1) is 26.5. The molecule has 1 atom stereocenters. The Morgan fingerprint density at radius 3 is 2.25 bits per heavy atom. The number of methoxy groups -OCH3 is 1. The van der Waals surface area contributed by atoms with E-state index in [0.29, 0.717) is 5.56 Å². The fourth-order valence-corrected chi connectivity index (χ4v) is 3.19. The van der Waals surface area contributed by atoms with Crippen LogP contribution in [0.1, 0.15) is 33.2 Å². The van der Waals surface area contributed by atoms with Crippen molar-refractivity contribution in [2.75, 3.05) is 12.4 Å². The van der Waals surface area contributed by atoms with Gasteiger partial charge in [0.05, 0.1) is 18.5 Å². The number of ether oxygens (including phenoxy) is 2. The lowest BCUT2D eigenvalue weighted by Crippen LogP contribution is -2.35. The molecular formula is C24H20F5N3O4. The summed E-state index contributed by atoms with van der Waals surface area (Å²) in [7, 11) is 1.47. The van der Waals surface area contributed by atoms with E-state index in [9.17, 15) is 31.5 Å². The third kappa shape index (κ3) is 6.54. The summed E-state index contributed by atoms with van der Waals surface area (Å²) in [4.78, 5) is 27.9. The van der Waals surface area contributed by atoms with E-state index >= 15 is 0 Å². The number of nitrogens with one attached hydrogen (secondary N) is 2. The highest BCUT2D eigenvalue weighted by Gasteiger charge is 2.43. The Balaban J connectivity index is 1.71. The van der Waals surface area contributed by atoms with Gasteiger partial charge in [-0.15, -0.1) is 0 Å². The highest BCUT2D eigenvalue weighted by molar-refractivity contribution is 6.08. The monoisotopic (exact) mass is 509 g/mol. The molecule has 3 amide bonds. The highest BCUT2D eigenvalue weighted by Crippen LogP contribution is 2.37. The minimum Gasteiger partial charge on any atom is -0.460 e. The van der Waals surface area contributed by atoms with Crippen LogP contribution in [0.15, 0.2) is 54.7 Å². The number of rotatable bonds is 7. The number of anilines is 1. The molecule has 7 nitrogen and oxygen atoms in total. The van der Waals surface area contributed by atoms with Crippen LogP contribution < -0.4 is 15.4 Å². The Kier molecular flexibility index (Phi) is 8.20. The maximum Gasteiger partial charge on any atom is 0.429 e. The van der Waals surface area contributed by atoms with Crippen LogP contribution in [0, 0.1) is 18.6 Å². The number of benzene rings is 2. The van der Waals surface area contributed by atoms with Crippen molar-refractivity contribution >= 4 is 17.6 Å². The third-order valence-electron chi connectivity index (χ3n) is 4.83. The van der Waals surface area contributed by atoms with Gasteiger partial charge in [-0.3, -0.25) is 10.1 Å². The SMILES string of the molecule is COCc1ccc(C(Oc2ncc(NC(=O)NC(=O)c3c(F)cccc3F)cc2C)C(F)(F)F)cc1. The number of carbonyl (C=O) groups excluding carboxylic acids is 2. The van der Waals surface area contributed by atoms with Crippen LogP contribution in [-0.4, -0.2) is 30.2 Å². The molecule has 1 unspecified atom stereocenters. The number of hydrogen-bond acceptors (Lipinski definition) is 5. The van der Waals surface area contributed by atoms with Crippen LogP contribution in [0.4, 0.5) is 32.4 Å². The Bertz CT molecular complexity index is 1230. The van der Waals surface area contributed by atoms with Gasteiger partial charge in [0.25, 0.3) is 5.91 Å². The average Bonchev–Trinajstić information content (AvgIpc) is 2.78. The zero-order chi connectivity index (χ0) is 26.5. The van der Waals surface area contributed by atoms with Crippen molar-refractivity contribution in [3.05, 3.63) is 88.6 Å². The number of nitrogens with zero attached hydrogens (tertiary/aromatic N) is 1. The number of amides is 3. The lowest BCUT2D eigenvalue weighted by atomic mass is 10.1. The molecule has 0 aliphatic carbocycles. The summed E-state index contributed by atoms with van der Waals surface area (Å²) in [5.74, 6) is -3.98. The summed E-state index contributed by atoms with van der Waals surface area (Å²) in [6.45, 7) is 1.64. The van der Waals surface area contributed by atoms with E-state index in [1.54, 1.807) is 5.32 Å². The first-order valence-corrected chi connectivity index (χ1v) is 10.3. The normalized spacial score (nSPS) is 12.1. The average molecular weight is 509 g/mol. The smallest absolute Gasteiger partial charge is 0.429 e. The van der Waals surface area contributed by atoms with Gasteiger partial charge >= 0.3 is 12.2 Å². The van der Waals surface area contributed by atoms with Gasteiger partial charge in [-0.1, -0.05) is 30.3 Å².